The van der Waals surface area contributed by atoms with E-state index in [0.717, 1.165) is 47.5 Å². The smallest absolute Gasteiger partial charge is 0.347 e. The molecule has 12 heteroatoms. The third-order valence-corrected chi connectivity index (χ3v) is 9.18. The zero-order valence-corrected chi connectivity index (χ0v) is 27.0. The van der Waals surface area contributed by atoms with Crippen molar-refractivity contribution < 1.29 is 24.4 Å². The van der Waals surface area contributed by atoms with Crippen molar-refractivity contribution in [1.29, 1.82) is 10.5 Å². The van der Waals surface area contributed by atoms with Gasteiger partial charge in [-0.25, -0.2) is 0 Å². The molecule has 2 aliphatic rings. The molecule has 2 saturated carbocycles. The zero-order valence-electron chi connectivity index (χ0n) is 27.0. The second kappa shape index (κ2) is 14.2. The lowest BCUT2D eigenvalue weighted by atomic mass is 10.1. The molecule has 0 bridgehead atoms. The van der Waals surface area contributed by atoms with E-state index < -0.39 is 11.1 Å². The summed E-state index contributed by atoms with van der Waals surface area (Å²) in [4.78, 5) is 48.1. The molecule has 2 fully saturated rings. The molecule has 0 unspecified atom stereocenters. The minimum absolute atomic E-state index is 0.191. The first-order valence-electron chi connectivity index (χ1n) is 16.7. The fourth-order valence-corrected chi connectivity index (χ4v) is 6.01. The Bertz CT molecular complexity index is 1770. The van der Waals surface area contributed by atoms with Crippen molar-refractivity contribution in [3.8, 4) is 12.1 Å². The summed E-state index contributed by atoms with van der Waals surface area (Å²) in [6.07, 6.45) is 11.2. The summed E-state index contributed by atoms with van der Waals surface area (Å²) in [5.41, 5.74) is 1.65. The molecule has 2 aromatic heterocycles. The van der Waals surface area contributed by atoms with Crippen molar-refractivity contribution >= 4 is 33.6 Å². The standard InChI is InChI=1S/C36H39N7O5/c37-25-35(15-16-35)39-33(44)29-23-41(31-13-5-3-11-27(29)31)19-7-1-9-21-47-43(46)48-22-10-2-8-20-42-24-30(28-12-4-6-14-32(28)42)34(45)40-36(26-38)17-18-36/h3-6,11-14,23-24H,1-2,7-10,15-22H2,(H-,39,40,44,45)/p+1. The average Bonchev–Trinajstić information content (AvgIpc) is 3.99. The molecule has 2 aromatic carbocycles. The number of amides is 2. The number of nitrogens with one attached hydrogen (secondary N) is 2. The highest BCUT2D eigenvalue weighted by Crippen LogP contribution is 2.36. The number of aryl methyl sites for hydroxylation is 2. The summed E-state index contributed by atoms with van der Waals surface area (Å²) in [5.74, 6) is -0.441. The van der Waals surface area contributed by atoms with E-state index in [1.54, 1.807) is 0 Å². The Morgan fingerprint density at radius 1 is 0.688 bits per heavy atom. The van der Waals surface area contributed by atoms with Crippen LogP contribution in [0.2, 0.25) is 0 Å². The van der Waals surface area contributed by atoms with Gasteiger partial charge in [0.1, 0.15) is 16.0 Å². The summed E-state index contributed by atoms with van der Waals surface area (Å²) in [6, 6.07) is 19.9. The highest BCUT2D eigenvalue weighted by atomic mass is 17.0. The van der Waals surface area contributed by atoms with Crippen LogP contribution in [0, 0.1) is 27.6 Å². The Balaban J connectivity index is 0.859. The third-order valence-electron chi connectivity index (χ3n) is 9.18. The second-order valence-electron chi connectivity index (χ2n) is 12.8. The maximum Gasteiger partial charge on any atom is 0.477 e. The number of nitriles is 2. The summed E-state index contributed by atoms with van der Waals surface area (Å²) >= 11 is 0. The van der Waals surface area contributed by atoms with Gasteiger partial charge in [0, 0.05) is 47.3 Å². The minimum atomic E-state index is -0.718. The van der Waals surface area contributed by atoms with E-state index in [0.29, 0.717) is 62.7 Å². The fraction of sp³-hybridized carbons (Fsp3) is 0.444. The number of hydrogen-bond acceptors (Lipinski definition) is 7. The summed E-state index contributed by atoms with van der Waals surface area (Å²) < 4.78 is 4.13. The summed E-state index contributed by atoms with van der Waals surface area (Å²) in [7, 11) is 0. The van der Waals surface area contributed by atoms with Gasteiger partial charge in [-0.1, -0.05) is 36.4 Å². The van der Waals surface area contributed by atoms with Crippen molar-refractivity contribution in [2.24, 2.45) is 0 Å². The quantitative estimate of drug-likeness (QED) is 0.101. The van der Waals surface area contributed by atoms with Crippen LogP contribution in [-0.2, 0) is 22.8 Å². The number of para-hydroxylation sites is 2. The molecule has 12 nitrogen and oxygen atoms in total. The lowest BCUT2D eigenvalue weighted by Gasteiger charge is -2.08. The van der Waals surface area contributed by atoms with Crippen molar-refractivity contribution in [3.05, 3.63) is 77.0 Å². The van der Waals surface area contributed by atoms with Gasteiger partial charge in [-0.2, -0.15) is 20.2 Å². The first kappa shape index (κ1) is 32.6. The zero-order chi connectivity index (χ0) is 33.6. The number of unbranched alkanes of at least 4 members (excludes halogenated alkanes) is 4. The van der Waals surface area contributed by atoms with Gasteiger partial charge >= 0.3 is 5.09 Å². The van der Waals surface area contributed by atoms with Crippen LogP contribution in [0.4, 0.5) is 0 Å². The molecule has 0 aliphatic heterocycles. The SMILES string of the molecule is N#CC1(NC(=O)c2cn(CCCCCO[N+](=O)OCCCCCn3cc(C(=O)NC4(C#N)CC4)c4ccccc43)c3ccccc23)CC1. The molecule has 2 aliphatic carbocycles. The minimum Gasteiger partial charge on any atom is -0.347 e. The highest BCUT2D eigenvalue weighted by Gasteiger charge is 2.45. The van der Waals surface area contributed by atoms with Gasteiger partial charge in [0.05, 0.1) is 23.3 Å². The number of carbonyl (C=O) groups excluding carboxylic acids is 2. The van der Waals surface area contributed by atoms with Gasteiger partial charge in [0.15, 0.2) is 13.2 Å². The lowest BCUT2D eigenvalue weighted by molar-refractivity contribution is -0.981. The van der Waals surface area contributed by atoms with E-state index in [4.69, 9.17) is 9.68 Å². The Hall–Kier alpha value is -5.36. The maximum atomic E-state index is 12.9. The van der Waals surface area contributed by atoms with Crippen LogP contribution in [0.15, 0.2) is 60.9 Å². The monoisotopic (exact) mass is 650 g/mol. The van der Waals surface area contributed by atoms with E-state index >= 15 is 0 Å². The maximum absolute atomic E-state index is 12.9. The molecule has 2 heterocycles. The number of fused-ring (bicyclic) bond motifs is 2. The first-order chi connectivity index (χ1) is 23.4. The Labute approximate surface area is 278 Å². The topological polar surface area (TPSA) is 154 Å². The molecule has 248 valence electrons. The fourth-order valence-electron chi connectivity index (χ4n) is 6.01. The van der Waals surface area contributed by atoms with Gasteiger partial charge in [-0.05, 0) is 76.3 Å². The Morgan fingerprint density at radius 3 is 1.50 bits per heavy atom. The van der Waals surface area contributed by atoms with E-state index in [-0.39, 0.29) is 30.1 Å². The van der Waals surface area contributed by atoms with Gasteiger partial charge in [-0.3, -0.25) is 9.59 Å². The normalized spacial score (nSPS) is 15.3. The van der Waals surface area contributed by atoms with Crippen LogP contribution in [0.3, 0.4) is 0 Å². The van der Waals surface area contributed by atoms with Crippen LogP contribution in [0.25, 0.3) is 21.8 Å². The van der Waals surface area contributed by atoms with Crippen LogP contribution >= 0.6 is 0 Å². The van der Waals surface area contributed by atoms with E-state index in [9.17, 15) is 25.0 Å². The molecule has 2 amide bonds. The average molecular weight is 651 g/mol. The van der Waals surface area contributed by atoms with Crippen molar-refractivity contribution in [2.45, 2.75) is 88.4 Å². The number of aromatic nitrogens is 2. The molecular formula is C36H40N7O5+. The predicted octanol–water partition coefficient (Wildman–Crippen LogP) is 5.85. The van der Waals surface area contributed by atoms with Gasteiger partial charge < -0.3 is 19.8 Å². The molecule has 2 N–H and O–H groups in total. The lowest BCUT2D eigenvalue weighted by Crippen LogP contribution is -2.35. The van der Waals surface area contributed by atoms with Crippen molar-refractivity contribution in [3.63, 3.8) is 0 Å². The van der Waals surface area contributed by atoms with Crippen molar-refractivity contribution in [2.75, 3.05) is 13.2 Å². The van der Waals surface area contributed by atoms with Crippen LogP contribution in [0.5, 0.6) is 0 Å². The van der Waals surface area contributed by atoms with Crippen LogP contribution in [0.1, 0.15) is 84.9 Å². The molecule has 48 heavy (non-hydrogen) atoms. The molecule has 4 aromatic rings. The van der Waals surface area contributed by atoms with Crippen LogP contribution in [-0.4, -0.2) is 50.3 Å². The van der Waals surface area contributed by atoms with E-state index in [2.05, 4.69) is 31.9 Å². The predicted molar refractivity (Wildman–Crippen MR) is 177 cm³/mol. The number of rotatable bonds is 18. The van der Waals surface area contributed by atoms with E-state index in [1.165, 1.54) is 0 Å². The van der Waals surface area contributed by atoms with Gasteiger partial charge in [0.2, 0.25) is 0 Å². The second-order valence-corrected chi connectivity index (χ2v) is 12.8. The Morgan fingerprint density at radius 2 is 1.10 bits per heavy atom. The first-order valence-corrected chi connectivity index (χ1v) is 16.7. The molecule has 0 saturated heterocycles. The number of carbonyl (C=O) groups is 2. The van der Waals surface area contributed by atoms with E-state index in [1.807, 2.05) is 60.9 Å². The molecular weight excluding hydrogens is 610 g/mol. The largest absolute Gasteiger partial charge is 0.477 e. The van der Waals surface area contributed by atoms with Gasteiger partial charge in [0.25, 0.3) is 11.8 Å². The van der Waals surface area contributed by atoms with Gasteiger partial charge in [-0.15, -0.1) is 0 Å². The Kier molecular flexibility index (Phi) is 9.62. The van der Waals surface area contributed by atoms with Crippen molar-refractivity contribution in [1.82, 2.24) is 19.8 Å². The summed E-state index contributed by atoms with van der Waals surface area (Å²) in [5, 5.41) is 26.4. The number of benzene rings is 2. The van der Waals surface area contributed by atoms with Crippen LogP contribution < -0.4 is 10.6 Å². The third kappa shape index (κ3) is 7.44. The number of hydrogen-bond donors (Lipinski definition) is 2. The summed E-state index contributed by atoms with van der Waals surface area (Å²) in [6.45, 7) is 1.91. The molecule has 0 radical (unpaired) electrons. The highest BCUT2D eigenvalue weighted by molar-refractivity contribution is 6.08. The molecule has 0 atom stereocenters. The molecule has 6 rings (SSSR count). The molecule has 0 spiro atoms. The number of nitrogens with zero attached hydrogens (tertiary/aromatic N) is 5.